The van der Waals surface area contributed by atoms with Gasteiger partial charge in [0.25, 0.3) is 0 Å². The Hall–Kier alpha value is -0.950. The predicted molar refractivity (Wildman–Crippen MR) is 59.2 cm³/mol. The minimum absolute atomic E-state index is 0.0960. The summed E-state index contributed by atoms with van der Waals surface area (Å²) in [6, 6.07) is 5.09. The van der Waals surface area contributed by atoms with Crippen molar-refractivity contribution in [1.29, 1.82) is 0 Å². The molecule has 0 unspecified atom stereocenters. The first kappa shape index (κ1) is 13.1. The van der Waals surface area contributed by atoms with E-state index in [0.29, 0.717) is 11.1 Å². The predicted octanol–water partition coefficient (Wildman–Crippen LogP) is 0.627. The van der Waals surface area contributed by atoms with E-state index in [9.17, 15) is 8.42 Å². The number of benzene rings is 1. The molecule has 0 saturated carbocycles. The van der Waals surface area contributed by atoms with Crippen molar-refractivity contribution in [3.05, 3.63) is 29.3 Å². The zero-order valence-electron chi connectivity index (χ0n) is 9.26. The lowest BCUT2D eigenvalue weighted by molar-refractivity contribution is 0.175. The fraction of sp³-hybridized carbons (Fsp3) is 0.400. The Labute approximate surface area is 95.2 Å². The van der Waals surface area contributed by atoms with Gasteiger partial charge in [0.1, 0.15) is 0 Å². The van der Waals surface area contributed by atoms with Gasteiger partial charge in [0.05, 0.1) is 18.1 Å². The van der Waals surface area contributed by atoms with Gasteiger partial charge in [0.2, 0.25) is 10.0 Å². The first-order chi connectivity index (χ1) is 7.50. The summed E-state index contributed by atoms with van der Waals surface area (Å²) >= 11 is 0. The second-order valence-electron chi connectivity index (χ2n) is 3.32. The Balaban J connectivity index is 3.35. The molecular formula is C10H15NO4S. The van der Waals surface area contributed by atoms with Crippen LogP contribution in [0, 0.1) is 0 Å². The molecule has 5 nitrogen and oxygen atoms in total. The van der Waals surface area contributed by atoms with Gasteiger partial charge in [-0.15, -0.1) is 0 Å². The number of sulfonamides is 1. The van der Waals surface area contributed by atoms with E-state index >= 15 is 0 Å². The van der Waals surface area contributed by atoms with Crippen molar-refractivity contribution in [2.75, 3.05) is 14.2 Å². The van der Waals surface area contributed by atoms with Gasteiger partial charge < -0.3 is 9.47 Å². The van der Waals surface area contributed by atoms with Crippen LogP contribution < -0.4 is 5.14 Å². The lowest BCUT2D eigenvalue weighted by Gasteiger charge is -2.11. The van der Waals surface area contributed by atoms with Crippen LogP contribution in [0.15, 0.2) is 23.1 Å². The molecular weight excluding hydrogens is 230 g/mol. The lowest BCUT2D eigenvalue weighted by Crippen LogP contribution is -2.17. The van der Waals surface area contributed by atoms with Crippen molar-refractivity contribution < 1.29 is 17.9 Å². The van der Waals surface area contributed by atoms with E-state index in [0.717, 1.165) is 0 Å². The molecule has 0 aromatic heterocycles. The van der Waals surface area contributed by atoms with Crippen LogP contribution in [0.2, 0.25) is 0 Å². The molecule has 0 aliphatic heterocycles. The molecule has 0 bridgehead atoms. The van der Waals surface area contributed by atoms with Crippen LogP contribution in [0.3, 0.4) is 0 Å². The lowest BCUT2D eigenvalue weighted by atomic mass is 10.1. The van der Waals surface area contributed by atoms with Crippen molar-refractivity contribution in [2.45, 2.75) is 18.1 Å². The summed E-state index contributed by atoms with van der Waals surface area (Å²) in [6.07, 6.45) is 0. The van der Waals surface area contributed by atoms with Crippen LogP contribution in [-0.4, -0.2) is 22.6 Å². The van der Waals surface area contributed by atoms with E-state index in [2.05, 4.69) is 0 Å². The molecule has 16 heavy (non-hydrogen) atoms. The van der Waals surface area contributed by atoms with Crippen molar-refractivity contribution in [3.63, 3.8) is 0 Å². The molecule has 2 N–H and O–H groups in total. The van der Waals surface area contributed by atoms with E-state index in [-0.39, 0.29) is 18.1 Å². The molecule has 1 rings (SSSR count). The Kier molecular flexibility index (Phi) is 4.43. The van der Waals surface area contributed by atoms with Crippen molar-refractivity contribution in [1.82, 2.24) is 0 Å². The summed E-state index contributed by atoms with van der Waals surface area (Å²) in [6.45, 7) is 0.395. The van der Waals surface area contributed by atoms with Crippen LogP contribution in [0.25, 0.3) is 0 Å². The Morgan fingerprint density at radius 3 is 1.88 bits per heavy atom. The standard InChI is InChI=1S/C10H15NO4S/c1-14-6-8-4-3-5-9(7-15-2)10(8)16(11,12)13/h3-5H,6-7H2,1-2H3,(H2,11,12,13). The molecule has 0 aliphatic carbocycles. The van der Waals surface area contributed by atoms with Crippen molar-refractivity contribution in [3.8, 4) is 0 Å². The van der Waals surface area contributed by atoms with Crippen LogP contribution in [-0.2, 0) is 32.7 Å². The molecule has 0 radical (unpaired) electrons. The van der Waals surface area contributed by atoms with Crippen LogP contribution in [0.1, 0.15) is 11.1 Å². The Bertz CT molecular complexity index is 432. The van der Waals surface area contributed by atoms with E-state index in [1.807, 2.05) is 0 Å². The second-order valence-corrected chi connectivity index (χ2v) is 4.81. The van der Waals surface area contributed by atoms with Crippen molar-refractivity contribution in [2.24, 2.45) is 5.14 Å². The maximum Gasteiger partial charge on any atom is 0.238 e. The van der Waals surface area contributed by atoms with Gasteiger partial charge in [0, 0.05) is 14.2 Å². The summed E-state index contributed by atoms with van der Waals surface area (Å²) in [4.78, 5) is 0.0960. The average Bonchev–Trinajstić information content (AvgIpc) is 2.17. The minimum atomic E-state index is -3.77. The van der Waals surface area contributed by atoms with Crippen LogP contribution >= 0.6 is 0 Å². The molecule has 0 amide bonds. The van der Waals surface area contributed by atoms with Gasteiger partial charge in [-0.3, -0.25) is 0 Å². The fourth-order valence-corrected chi connectivity index (χ4v) is 2.53. The van der Waals surface area contributed by atoms with Gasteiger partial charge in [-0.2, -0.15) is 0 Å². The monoisotopic (exact) mass is 245 g/mol. The molecule has 0 spiro atoms. The molecule has 1 aromatic carbocycles. The molecule has 0 heterocycles. The largest absolute Gasteiger partial charge is 0.380 e. The maximum absolute atomic E-state index is 11.5. The first-order valence-electron chi connectivity index (χ1n) is 4.62. The molecule has 1 aromatic rings. The minimum Gasteiger partial charge on any atom is -0.380 e. The van der Waals surface area contributed by atoms with Gasteiger partial charge in [-0.1, -0.05) is 18.2 Å². The first-order valence-corrected chi connectivity index (χ1v) is 6.16. The smallest absolute Gasteiger partial charge is 0.238 e. The van der Waals surface area contributed by atoms with E-state index < -0.39 is 10.0 Å². The quantitative estimate of drug-likeness (QED) is 0.825. The topological polar surface area (TPSA) is 78.6 Å². The normalized spacial score (nSPS) is 11.7. The number of rotatable bonds is 5. The highest BCUT2D eigenvalue weighted by molar-refractivity contribution is 7.89. The third-order valence-electron chi connectivity index (χ3n) is 2.06. The highest BCUT2D eigenvalue weighted by Gasteiger charge is 2.18. The van der Waals surface area contributed by atoms with E-state index in [1.54, 1.807) is 18.2 Å². The number of ether oxygens (including phenoxy) is 2. The number of methoxy groups -OCH3 is 2. The number of hydrogen-bond acceptors (Lipinski definition) is 4. The highest BCUT2D eigenvalue weighted by Crippen LogP contribution is 2.21. The van der Waals surface area contributed by atoms with E-state index in [4.69, 9.17) is 14.6 Å². The summed E-state index contributed by atoms with van der Waals surface area (Å²) in [5.41, 5.74) is 1.08. The fourth-order valence-electron chi connectivity index (χ4n) is 1.54. The third-order valence-corrected chi connectivity index (χ3v) is 3.16. The molecule has 90 valence electrons. The van der Waals surface area contributed by atoms with Gasteiger partial charge in [-0.05, 0) is 11.1 Å². The Morgan fingerprint density at radius 1 is 1.12 bits per heavy atom. The summed E-state index contributed by atoms with van der Waals surface area (Å²) in [7, 11) is -0.777. The molecule has 0 aliphatic rings. The average molecular weight is 245 g/mol. The maximum atomic E-state index is 11.5. The number of primary sulfonamides is 1. The summed E-state index contributed by atoms with van der Waals surface area (Å²) in [5.74, 6) is 0. The highest BCUT2D eigenvalue weighted by atomic mass is 32.2. The zero-order valence-corrected chi connectivity index (χ0v) is 10.1. The van der Waals surface area contributed by atoms with Gasteiger partial charge >= 0.3 is 0 Å². The summed E-state index contributed by atoms with van der Waals surface area (Å²) < 4.78 is 32.9. The molecule has 0 atom stereocenters. The van der Waals surface area contributed by atoms with E-state index in [1.165, 1.54) is 14.2 Å². The van der Waals surface area contributed by atoms with Crippen molar-refractivity contribution >= 4 is 10.0 Å². The SMILES string of the molecule is COCc1cccc(COC)c1S(N)(=O)=O. The molecule has 0 saturated heterocycles. The molecule has 6 heteroatoms. The molecule has 0 fully saturated rings. The zero-order chi connectivity index (χ0) is 12.2. The van der Waals surface area contributed by atoms with Crippen LogP contribution in [0.4, 0.5) is 0 Å². The van der Waals surface area contributed by atoms with Crippen LogP contribution in [0.5, 0.6) is 0 Å². The summed E-state index contributed by atoms with van der Waals surface area (Å²) in [5, 5.41) is 5.18. The number of nitrogens with two attached hydrogens (primary N) is 1. The third kappa shape index (κ3) is 3.02. The van der Waals surface area contributed by atoms with Gasteiger partial charge in [-0.25, -0.2) is 13.6 Å². The second kappa shape index (κ2) is 5.40. The van der Waals surface area contributed by atoms with Gasteiger partial charge in [0.15, 0.2) is 0 Å². The Morgan fingerprint density at radius 2 is 1.56 bits per heavy atom. The number of hydrogen-bond donors (Lipinski definition) is 1.